The molecule has 1 saturated heterocycles. The van der Waals surface area contributed by atoms with E-state index in [0.29, 0.717) is 32.0 Å². The van der Waals surface area contributed by atoms with Crippen LogP contribution in [0.15, 0.2) is 18.2 Å². The summed E-state index contributed by atoms with van der Waals surface area (Å²) in [6.07, 6.45) is 2.94. The smallest absolute Gasteiger partial charge is 0.321 e. The Kier molecular flexibility index (Phi) is 3.73. The van der Waals surface area contributed by atoms with Crippen molar-refractivity contribution in [2.24, 2.45) is 0 Å². The van der Waals surface area contributed by atoms with E-state index in [1.54, 1.807) is 11.0 Å². The SMILES string of the molecule is O=C(C=Cc1ccc([N+](=O)[O-])[nH]1)N1CCOCC1. The summed E-state index contributed by atoms with van der Waals surface area (Å²) in [4.78, 5) is 26.0. The minimum absolute atomic E-state index is 0.0894. The van der Waals surface area contributed by atoms with E-state index in [1.165, 1.54) is 18.2 Å². The number of carbonyl (C=O) groups excluding carboxylic acids is 1. The Morgan fingerprint density at radius 2 is 2.17 bits per heavy atom. The molecular formula is C11H13N3O4. The lowest BCUT2D eigenvalue weighted by atomic mass is 10.3. The number of nitro groups is 1. The molecule has 1 N–H and O–H groups in total. The van der Waals surface area contributed by atoms with Crippen LogP contribution in [0, 0.1) is 10.1 Å². The first-order chi connectivity index (χ1) is 8.66. The number of nitrogens with one attached hydrogen (secondary N) is 1. The van der Waals surface area contributed by atoms with Crippen LogP contribution in [0.25, 0.3) is 6.08 Å². The Morgan fingerprint density at radius 1 is 1.44 bits per heavy atom. The van der Waals surface area contributed by atoms with Gasteiger partial charge in [-0.2, -0.15) is 0 Å². The van der Waals surface area contributed by atoms with Gasteiger partial charge in [0.25, 0.3) is 0 Å². The van der Waals surface area contributed by atoms with Crippen LogP contribution in [-0.2, 0) is 9.53 Å². The van der Waals surface area contributed by atoms with E-state index in [9.17, 15) is 14.9 Å². The van der Waals surface area contributed by atoms with E-state index in [2.05, 4.69) is 4.98 Å². The molecule has 0 atom stereocenters. The van der Waals surface area contributed by atoms with E-state index in [4.69, 9.17) is 4.74 Å². The van der Waals surface area contributed by atoms with E-state index in [-0.39, 0.29) is 11.7 Å². The molecule has 7 nitrogen and oxygen atoms in total. The van der Waals surface area contributed by atoms with E-state index in [1.807, 2.05) is 0 Å². The van der Waals surface area contributed by atoms with Crippen molar-refractivity contribution in [1.29, 1.82) is 0 Å². The molecule has 0 bridgehead atoms. The molecule has 1 aromatic rings. The lowest BCUT2D eigenvalue weighted by molar-refractivity contribution is -0.389. The zero-order chi connectivity index (χ0) is 13.0. The fourth-order valence-corrected chi connectivity index (χ4v) is 1.65. The summed E-state index contributed by atoms with van der Waals surface area (Å²) in [5.41, 5.74) is 0.531. The monoisotopic (exact) mass is 251 g/mol. The highest BCUT2D eigenvalue weighted by Crippen LogP contribution is 2.11. The summed E-state index contributed by atoms with van der Waals surface area (Å²) in [5.74, 6) is -0.205. The van der Waals surface area contributed by atoms with Crippen LogP contribution in [0.3, 0.4) is 0 Å². The molecule has 2 rings (SSSR count). The quantitative estimate of drug-likeness (QED) is 0.488. The third kappa shape index (κ3) is 2.95. The van der Waals surface area contributed by atoms with Crippen LogP contribution in [0.5, 0.6) is 0 Å². The van der Waals surface area contributed by atoms with Crippen molar-refractivity contribution >= 4 is 17.8 Å². The number of ether oxygens (including phenoxy) is 1. The second kappa shape index (κ2) is 5.46. The van der Waals surface area contributed by atoms with Crippen molar-refractivity contribution in [3.8, 4) is 0 Å². The normalized spacial score (nSPS) is 16.1. The molecule has 1 aliphatic heterocycles. The molecule has 1 amide bonds. The number of rotatable bonds is 3. The molecule has 0 aliphatic carbocycles. The molecule has 0 radical (unpaired) electrons. The average molecular weight is 251 g/mol. The number of amides is 1. The van der Waals surface area contributed by atoms with Crippen LogP contribution < -0.4 is 0 Å². The average Bonchev–Trinajstić information content (AvgIpc) is 2.86. The van der Waals surface area contributed by atoms with Crippen LogP contribution in [0.4, 0.5) is 5.82 Å². The Hall–Kier alpha value is -2.15. The predicted octanol–water partition coefficient (Wildman–Crippen LogP) is 0.795. The van der Waals surface area contributed by atoms with E-state index < -0.39 is 4.92 Å². The first-order valence-electron chi connectivity index (χ1n) is 5.55. The second-order valence-corrected chi connectivity index (χ2v) is 3.83. The molecule has 0 spiro atoms. The van der Waals surface area contributed by atoms with E-state index >= 15 is 0 Å². The highest BCUT2D eigenvalue weighted by Gasteiger charge is 2.14. The highest BCUT2D eigenvalue weighted by molar-refractivity contribution is 5.91. The molecule has 18 heavy (non-hydrogen) atoms. The summed E-state index contributed by atoms with van der Waals surface area (Å²) in [7, 11) is 0. The molecule has 0 saturated carbocycles. The van der Waals surface area contributed by atoms with Gasteiger partial charge >= 0.3 is 5.82 Å². The third-order valence-electron chi connectivity index (χ3n) is 2.62. The van der Waals surface area contributed by atoms with Gasteiger partial charge in [0, 0.05) is 25.2 Å². The Labute approximate surface area is 103 Å². The number of aromatic amines is 1. The molecule has 1 aliphatic rings. The standard InChI is InChI=1S/C11H13N3O4/c15-11(13-5-7-18-8-6-13)4-2-9-1-3-10(12-9)14(16)17/h1-4,12H,5-8H2. The molecule has 0 unspecified atom stereocenters. The van der Waals surface area contributed by atoms with Gasteiger partial charge in [-0.3, -0.25) is 4.79 Å². The van der Waals surface area contributed by atoms with Crippen molar-refractivity contribution < 1.29 is 14.5 Å². The number of aromatic nitrogens is 1. The predicted molar refractivity (Wildman–Crippen MR) is 63.9 cm³/mol. The van der Waals surface area contributed by atoms with Gasteiger partial charge in [0.1, 0.15) is 5.69 Å². The van der Waals surface area contributed by atoms with Crippen molar-refractivity contribution in [3.05, 3.63) is 34.0 Å². The number of carbonyl (C=O) groups is 1. The largest absolute Gasteiger partial charge is 0.378 e. The Morgan fingerprint density at radius 3 is 2.78 bits per heavy atom. The van der Waals surface area contributed by atoms with Crippen molar-refractivity contribution in [2.45, 2.75) is 0 Å². The number of hydrogen-bond donors (Lipinski definition) is 1. The van der Waals surface area contributed by atoms with E-state index in [0.717, 1.165) is 0 Å². The zero-order valence-corrected chi connectivity index (χ0v) is 9.67. The fraction of sp³-hybridized carbons (Fsp3) is 0.364. The number of morpholine rings is 1. The third-order valence-corrected chi connectivity index (χ3v) is 2.62. The molecule has 1 aromatic heterocycles. The van der Waals surface area contributed by atoms with Gasteiger partial charge in [-0.15, -0.1) is 0 Å². The van der Waals surface area contributed by atoms with Gasteiger partial charge in [-0.05, 0) is 17.1 Å². The van der Waals surface area contributed by atoms with Gasteiger partial charge in [0.15, 0.2) is 0 Å². The Bertz CT molecular complexity index is 474. The maximum atomic E-state index is 11.7. The summed E-state index contributed by atoms with van der Waals surface area (Å²) in [6, 6.07) is 2.92. The second-order valence-electron chi connectivity index (χ2n) is 3.83. The summed E-state index contributed by atoms with van der Waals surface area (Å²) >= 11 is 0. The molecule has 1 fully saturated rings. The van der Waals surface area contributed by atoms with Crippen molar-refractivity contribution in [2.75, 3.05) is 26.3 Å². The van der Waals surface area contributed by atoms with Gasteiger partial charge in [0.05, 0.1) is 13.2 Å². The molecule has 7 heteroatoms. The van der Waals surface area contributed by atoms with Gasteiger partial charge in [0.2, 0.25) is 5.91 Å². The van der Waals surface area contributed by atoms with Crippen LogP contribution in [0.1, 0.15) is 5.69 Å². The molecule has 2 heterocycles. The van der Waals surface area contributed by atoms with Crippen molar-refractivity contribution in [3.63, 3.8) is 0 Å². The lowest BCUT2D eigenvalue weighted by Crippen LogP contribution is -2.39. The summed E-state index contributed by atoms with van der Waals surface area (Å²) in [5, 5.41) is 10.5. The lowest BCUT2D eigenvalue weighted by Gasteiger charge is -2.25. The van der Waals surface area contributed by atoms with Crippen LogP contribution >= 0.6 is 0 Å². The van der Waals surface area contributed by atoms with Crippen LogP contribution in [-0.4, -0.2) is 47.0 Å². The first-order valence-corrected chi connectivity index (χ1v) is 5.55. The number of nitrogens with zero attached hydrogens (tertiary/aromatic N) is 2. The highest BCUT2D eigenvalue weighted by atomic mass is 16.6. The number of hydrogen-bond acceptors (Lipinski definition) is 4. The summed E-state index contributed by atoms with van der Waals surface area (Å²) in [6.45, 7) is 2.25. The molecular weight excluding hydrogens is 238 g/mol. The molecule has 0 aromatic carbocycles. The summed E-state index contributed by atoms with van der Waals surface area (Å²) < 4.78 is 5.14. The maximum absolute atomic E-state index is 11.7. The van der Waals surface area contributed by atoms with Crippen molar-refractivity contribution in [1.82, 2.24) is 9.88 Å². The van der Waals surface area contributed by atoms with Crippen LogP contribution in [0.2, 0.25) is 0 Å². The van der Waals surface area contributed by atoms with Gasteiger partial charge < -0.3 is 19.8 Å². The minimum atomic E-state index is -0.513. The van der Waals surface area contributed by atoms with Gasteiger partial charge in [-0.1, -0.05) is 0 Å². The topological polar surface area (TPSA) is 88.5 Å². The Balaban J connectivity index is 1.96. The number of H-pyrrole nitrogens is 1. The minimum Gasteiger partial charge on any atom is -0.378 e. The first kappa shape index (κ1) is 12.3. The molecule has 96 valence electrons. The zero-order valence-electron chi connectivity index (χ0n) is 9.67. The maximum Gasteiger partial charge on any atom is 0.321 e. The fourth-order valence-electron chi connectivity index (χ4n) is 1.65. The van der Waals surface area contributed by atoms with Gasteiger partial charge in [-0.25, -0.2) is 4.98 Å².